The van der Waals surface area contributed by atoms with Crippen molar-refractivity contribution in [2.24, 2.45) is 0 Å². The van der Waals surface area contributed by atoms with Crippen LogP contribution in [-0.4, -0.2) is 16.8 Å². The minimum Gasteiger partial charge on any atom is -0.319 e. The Morgan fingerprint density at radius 3 is 2.20 bits per heavy atom. The van der Waals surface area contributed by atoms with Crippen LogP contribution in [0.2, 0.25) is 5.02 Å². The molecule has 1 heterocycles. The van der Waals surface area contributed by atoms with Gasteiger partial charge in [-0.1, -0.05) is 61.8 Å². The Bertz CT molecular complexity index is 799. The largest absolute Gasteiger partial charge is 0.325 e. The van der Waals surface area contributed by atoms with E-state index in [1.165, 1.54) is 10.5 Å². The van der Waals surface area contributed by atoms with E-state index in [4.69, 9.17) is 11.6 Å². The highest BCUT2D eigenvalue weighted by atomic mass is 35.5. The third-order valence-electron chi connectivity index (χ3n) is 4.68. The van der Waals surface area contributed by atoms with Gasteiger partial charge in [-0.05, 0) is 41.7 Å². The standard InChI is InChI=1S/C20H21ClN2O2/c1-13(2)15-6-4-14(5-7-15)12-23-18(24)20(3,22-19(23)25)16-8-10-17(21)11-9-16/h4-11,13H,12H2,1-3H3,(H,22,25). The molecule has 1 atom stereocenters. The molecule has 1 aliphatic heterocycles. The van der Waals surface area contributed by atoms with E-state index >= 15 is 0 Å². The van der Waals surface area contributed by atoms with E-state index in [1.54, 1.807) is 31.2 Å². The SMILES string of the molecule is CC(C)c1ccc(CN2C(=O)NC(C)(c3ccc(Cl)cc3)C2=O)cc1. The maximum atomic E-state index is 12.9. The quantitative estimate of drug-likeness (QED) is 0.824. The molecule has 0 saturated carbocycles. The molecule has 25 heavy (non-hydrogen) atoms. The molecule has 4 nitrogen and oxygen atoms in total. The maximum absolute atomic E-state index is 12.9. The van der Waals surface area contributed by atoms with Gasteiger partial charge in [-0.25, -0.2) is 4.79 Å². The lowest BCUT2D eigenvalue weighted by molar-refractivity contribution is -0.131. The topological polar surface area (TPSA) is 49.4 Å². The minimum atomic E-state index is -1.07. The molecule has 2 aromatic carbocycles. The summed E-state index contributed by atoms with van der Waals surface area (Å²) in [6.07, 6.45) is 0. The molecule has 1 aliphatic rings. The van der Waals surface area contributed by atoms with Gasteiger partial charge in [-0.15, -0.1) is 0 Å². The summed E-state index contributed by atoms with van der Waals surface area (Å²) in [4.78, 5) is 26.6. The van der Waals surface area contributed by atoms with Crippen molar-refractivity contribution in [1.82, 2.24) is 10.2 Å². The fourth-order valence-electron chi connectivity index (χ4n) is 3.01. The highest BCUT2D eigenvalue weighted by Gasteiger charge is 2.48. The minimum absolute atomic E-state index is 0.256. The molecule has 0 spiro atoms. The summed E-state index contributed by atoms with van der Waals surface area (Å²) in [6.45, 7) is 6.23. The summed E-state index contributed by atoms with van der Waals surface area (Å²) in [6, 6.07) is 14.6. The van der Waals surface area contributed by atoms with Crippen LogP contribution in [0.3, 0.4) is 0 Å². The molecule has 0 aromatic heterocycles. The Morgan fingerprint density at radius 2 is 1.64 bits per heavy atom. The second-order valence-electron chi connectivity index (χ2n) is 6.85. The third-order valence-corrected chi connectivity index (χ3v) is 4.94. The van der Waals surface area contributed by atoms with Crippen molar-refractivity contribution >= 4 is 23.5 Å². The van der Waals surface area contributed by atoms with Gasteiger partial charge in [0.15, 0.2) is 0 Å². The van der Waals surface area contributed by atoms with Gasteiger partial charge in [0.05, 0.1) is 6.54 Å². The Balaban J connectivity index is 1.82. The van der Waals surface area contributed by atoms with Crippen molar-refractivity contribution in [3.05, 3.63) is 70.2 Å². The number of nitrogens with zero attached hydrogens (tertiary/aromatic N) is 1. The Morgan fingerprint density at radius 1 is 1.04 bits per heavy atom. The molecule has 130 valence electrons. The predicted molar refractivity (Wildman–Crippen MR) is 98.4 cm³/mol. The fraction of sp³-hybridized carbons (Fsp3) is 0.300. The number of amides is 3. The van der Waals surface area contributed by atoms with Gasteiger partial charge >= 0.3 is 6.03 Å². The predicted octanol–water partition coefficient (Wildman–Crippen LogP) is 4.43. The van der Waals surface area contributed by atoms with Gasteiger partial charge in [-0.2, -0.15) is 0 Å². The van der Waals surface area contributed by atoms with Crippen LogP contribution in [0.5, 0.6) is 0 Å². The van der Waals surface area contributed by atoms with E-state index in [9.17, 15) is 9.59 Å². The second-order valence-corrected chi connectivity index (χ2v) is 7.29. The fourth-order valence-corrected chi connectivity index (χ4v) is 3.14. The van der Waals surface area contributed by atoms with E-state index in [1.807, 2.05) is 24.3 Å². The van der Waals surface area contributed by atoms with Crippen LogP contribution in [-0.2, 0) is 16.9 Å². The highest BCUT2D eigenvalue weighted by Crippen LogP contribution is 2.30. The average Bonchev–Trinajstić information content (AvgIpc) is 2.80. The first-order valence-corrected chi connectivity index (χ1v) is 8.68. The zero-order valence-electron chi connectivity index (χ0n) is 14.5. The molecule has 1 saturated heterocycles. The second kappa shape index (κ2) is 6.52. The number of halogens is 1. The number of imide groups is 1. The summed E-state index contributed by atoms with van der Waals surface area (Å²) in [5.41, 5.74) is 1.80. The zero-order valence-corrected chi connectivity index (χ0v) is 15.3. The Labute approximate surface area is 152 Å². The summed E-state index contributed by atoms with van der Waals surface area (Å²) in [5, 5.41) is 3.40. The molecule has 2 aromatic rings. The smallest absolute Gasteiger partial charge is 0.319 e. The Kier molecular flexibility index (Phi) is 4.56. The van der Waals surface area contributed by atoms with Gasteiger partial charge in [0.2, 0.25) is 0 Å². The highest BCUT2D eigenvalue weighted by molar-refractivity contribution is 6.30. The van der Waals surface area contributed by atoms with Crippen LogP contribution in [0.25, 0.3) is 0 Å². The number of nitrogens with one attached hydrogen (secondary N) is 1. The number of urea groups is 1. The van der Waals surface area contributed by atoms with Crippen LogP contribution < -0.4 is 5.32 Å². The summed E-state index contributed by atoms with van der Waals surface area (Å²) >= 11 is 5.92. The van der Waals surface area contributed by atoms with Crippen LogP contribution in [0.15, 0.2) is 48.5 Å². The van der Waals surface area contributed by atoms with Gasteiger partial charge in [0.1, 0.15) is 5.54 Å². The first-order chi connectivity index (χ1) is 11.8. The van der Waals surface area contributed by atoms with Crippen molar-refractivity contribution in [3.63, 3.8) is 0 Å². The summed E-state index contributed by atoms with van der Waals surface area (Å²) in [7, 11) is 0. The van der Waals surface area contributed by atoms with Crippen LogP contribution in [0, 0.1) is 0 Å². The van der Waals surface area contributed by atoms with E-state index in [2.05, 4.69) is 19.2 Å². The van der Waals surface area contributed by atoms with Crippen molar-refractivity contribution in [3.8, 4) is 0 Å². The van der Waals surface area contributed by atoms with E-state index in [-0.39, 0.29) is 18.5 Å². The van der Waals surface area contributed by atoms with Gasteiger partial charge in [0, 0.05) is 5.02 Å². The molecule has 0 bridgehead atoms. The van der Waals surface area contributed by atoms with Crippen molar-refractivity contribution in [2.75, 3.05) is 0 Å². The number of rotatable bonds is 4. The Hall–Kier alpha value is -2.33. The molecule has 0 radical (unpaired) electrons. The maximum Gasteiger partial charge on any atom is 0.325 e. The van der Waals surface area contributed by atoms with Crippen molar-refractivity contribution < 1.29 is 9.59 Å². The lowest BCUT2D eigenvalue weighted by Gasteiger charge is -2.22. The monoisotopic (exact) mass is 356 g/mol. The molecular weight excluding hydrogens is 336 g/mol. The normalized spacial score (nSPS) is 20.3. The van der Waals surface area contributed by atoms with Crippen molar-refractivity contribution in [2.45, 2.75) is 38.8 Å². The van der Waals surface area contributed by atoms with Crippen LogP contribution in [0.1, 0.15) is 43.4 Å². The molecule has 0 aliphatic carbocycles. The van der Waals surface area contributed by atoms with E-state index < -0.39 is 5.54 Å². The summed E-state index contributed by atoms with van der Waals surface area (Å²) in [5.74, 6) is 0.187. The average molecular weight is 357 g/mol. The first-order valence-electron chi connectivity index (χ1n) is 8.30. The van der Waals surface area contributed by atoms with E-state index in [0.717, 1.165) is 5.56 Å². The lowest BCUT2D eigenvalue weighted by atomic mass is 9.92. The van der Waals surface area contributed by atoms with Crippen LogP contribution >= 0.6 is 11.6 Å². The number of hydrogen-bond donors (Lipinski definition) is 1. The molecular formula is C20H21ClN2O2. The van der Waals surface area contributed by atoms with E-state index in [0.29, 0.717) is 16.5 Å². The molecule has 3 rings (SSSR count). The van der Waals surface area contributed by atoms with Gasteiger partial charge in [-0.3, -0.25) is 9.69 Å². The van der Waals surface area contributed by atoms with Gasteiger partial charge < -0.3 is 5.32 Å². The number of benzene rings is 2. The molecule has 1 N–H and O–H groups in total. The molecule has 3 amide bonds. The zero-order chi connectivity index (χ0) is 18.2. The lowest BCUT2D eigenvalue weighted by Crippen LogP contribution is -2.40. The number of carbonyl (C=O) groups is 2. The van der Waals surface area contributed by atoms with Gasteiger partial charge in [0.25, 0.3) is 5.91 Å². The molecule has 5 heteroatoms. The number of hydrogen-bond acceptors (Lipinski definition) is 2. The van der Waals surface area contributed by atoms with Crippen LogP contribution in [0.4, 0.5) is 4.79 Å². The summed E-state index contributed by atoms with van der Waals surface area (Å²) < 4.78 is 0. The van der Waals surface area contributed by atoms with Crippen molar-refractivity contribution in [1.29, 1.82) is 0 Å². The first kappa shape index (κ1) is 17.5. The molecule has 1 fully saturated rings. The third kappa shape index (κ3) is 3.27. The molecule has 1 unspecified atom stereocenters. The number of carbonyl (C=O) groups excluding carboxylic acids is 2.